The first kappa shape index (κ1) is 104. The number of nitrogens with two attached hydrogens (primary N) is 4. The number of para-hydroxylation sites is 2. The van der Waals surface area contributed by atoms with Gasteiger partial charge in [0.05, 0.1) is 31.1 Å². The molecule has 3 aromatic carbocycles. The van der Waals surface area contributed by atoms with Gasteiger partial charge >= 0.3 is 0 Å². The zero-order valence-corrected chi connectivity index (χ0v) is 77.0. The molecule has 3 aromatic heterocycles. The fourth-order valence-corrected chi connectivity index (χ4v) is 17.5. The molecule has 0 aliphatic carbocycles. The van der Waals surface area contributed by atoms with Crippen LogP contribution in [0.25, 0.3) is 21.8 Å². The number of aromatic amines is 3. The molecule has 43 heteroatoms. The largest absolute Gasteiger partial charge is 0.508 e. The van der Waals surface area contributed by atoms with Crippen LogP contribution in [0.1, 0.15) is 140 Å². The topological polar surface area (TPSA) is 631 Å². The molecule has 722 valence electrons. The maximum absolute atomic E-state index is 15.8. The number of aromatic hydroxyl groups is 1. The molecular weight excluding hydrogens is 1740 g/mol. The first-order chi connectivity index (χ1) is 63.4. The second-order valence-corrected chi connectivity index (χ2v) is 35.5. The highest BCUT2D eigenvalue weighted by Gasteiger charge is 2.47. The number of amides is 17. The fourth-order valence-electron chi connectivity index (χ4n) is 16.7. The predicted molar refractivity (Wildman–Crippen MR) is 491 cm³/mol. The lowest BCUT2D eigenvalue weighted by Crippen LogP contribution is -2.61. The van der Waals surface area contributed by atoms with Gasteiger partial charge in [-0.3, -0.25) is 81.5 Å². The number of unbranched alkanes of at least 4 members (excludes halogenated alkanes) is 2. The van der Waals surface area contributed by atoms with Gasteiger partial charge in [0.15, 0.2) is 0 Å². The van der Waals surface area contributed by atoms with Gasteiger partial charge in [-0.15, -0.1) is 11.8 Å². The van der Waals surface area contributed by atoms with E-state index >= 15 is 38.4 Å². The summed E-state index contributed by atoms with van der Waals surface area (Å²) in [5, 5.41) is 49.9. The lowest BCUT2D eigenvalue weighted by molar-refractivity contribution is -0.149. The molecule has 0 spiro atoms. The van der Waals surface area contributed by atoms with Crippen LogP contribution in [0.2, 0.25) is 0 Å². The Morgan fingerprint density at radius 3 is 1.62 bits per heavy atom. The van der Waals surface area contributed by atoms with Crippen molar-refractivity contribution in [3.05, 3.63) is 120 Å². The first-order valence-corrected chi connectivity index (χ1v) is 46.1. The minimum atomic E-state index is -1.77. The molecule has 133 heavy (non-hydrogen) atoms. The maximum atomic E-state index is 15.8. The van der Waals surface area contributed by atoms with Crippen LogP contribution in [-0.4, -0.2) is 311 Å². The Balaban J connectivity index is 1.10. The van der Waals surface area contributed by atoms with Crippen LogP contribution >= 0.6 is 11.8 Å². The third-order valence-corrected chi connectivity index (χ3v) is 25.1. The van der Waals surface area contributed by atoms with E-state index in [4.69, 9.17) is 22.9 Å². The summed E-state index contributed by atoms with van der Waals surface area (Å²) in [6.07, 6.45) is 3.89. The molecule has 15 atom stereocenters. The number of carbonyl (C=O) groups is 17. The third kappa shape index (κ3) is 28.5. The number of fused-ring (bicyclic) bond motifs is 4. The number of primary amides is 2. The fraction of sp³-hybridized carbons (Fsp3) is 0.533. The van der Waals surface area contributed by atoms with Gasteiger partial charge in [-0.05, 0) is 112 Å². The molecule has 23 N–H and O–H groups in total. The van der Waals surface area contributed by atoms with Crippen LogP contribution in [0.5, 0.6) is 5.75 Å². The summed E-state index contributed by atoms with van der Waals surface area (Å²) in [4.78, 5) is 269. The Kier molecular flexibility index (Phi) is 38.6. The molecule has 3 fully saturated rings. The lowest BCUT2D eigenvalue weighted by atomic mass is 9.99. The lowest BCUT2D eigenvalue weighted by Gasteiger charge is -2.36. The number of nitrogens with zero attached hydrogens (tertiary/aromatic N) is 6. The number of aliphatic hydroxyl groups excluding tert-OH is 1. The number of nitrogens with one attached hydrogen (secondary N) is 13. The Hall–Kier alpha value is -13.0. The number of aromatic nitrogens is 4. The average molecular weight is 1870 g/mol. The van der Waals surface area contributed by atoms with Crippen molar-refractivity contribution in [2.45, 2.75) is 234 Å². The van der Waals surface area contributed by atoms with Crippen molar-refractivity contribution < 1.29 is 91.7 Å². The summed E-state index contributed by atoms with van der Waals surface area (Å²) >= 11 is 0.778. The van der Waals surface area contributed by atoms with E-state index in [9.17, 15) is 53.4 Å². The monoisotopic (exact) mass is 1870 g/mol. The Labute approximate surface area is 774 Å². The second kappa shape index (κ2) is 49.5. The van der Waals surface area contributed by atoms with Crippen LogP contribution < -0.4 is 76.1 Å². The highest BCUT2D eigenvalue weighted by Crippen LogP contribution is 2.28. The predicted octanol–water partition coefficient (Wildman–Crippen LogP) is -2.49. The van der Waals surface area contributed by atoms with E-state index in [1.165, 1.54) is 74.7 Å². The molecule has 0 bridgehead atoms. The van der Waals surface area contributed by atoms with Crippen molar-refractivity contribution in [1.82, 2.24) is 97.6 Å². The van der Waals surface area contributed by atoms with Crippen molar-refractivity contribution in [1.29, 1.82) is 0 Å². The van der Waals surface area contributed by atoms with Crippen molar-refractivity contribution in [3.8, 4) is 5.75 Å². The van der Waals surface area contributed by atoms with Crippen molar-refractivity contribution in [3.63, 3.8) is 0 Å². The first-order valence-electron chi connectivity index (χ1n) is 44.9. The highest BCUT2D eigenvalue weighted by atomic mass is 32.2. The van der Waals surface area contributed by atoms with Gasteiger partial charge < -0.3 is 126 Å². The molecule has 6 aromatic rings. The number of likely N-dealkylation sites (N-methyl/N-ethyl adjacent to an activating group) is 3. The van der Waals surface area contributed by atoms with E-state index in [0.717, 1.165) is 26.5 Å². The summed E-state index contributed by atoms with van der Waals surface area (Å²) in [7, 11) is 3.98. The Morgan fingerprint density at radius 2 is 1.05 bits per heavy atom. The number of imidazole rings is 1. The number of aliphatic hydroxyl groups is 1. The van der Waals surface area contributed by atoms with E-state index in [-0.39, 0.29) is 108 Å². The molecule has 3 saturated heterocycles. The molecular formula is C90H127N23O19S. The Bertz CT molecular complexity index is 5110. The summed E-state index contributed by atoms with van der Waals surface area (Å²) in [6, 6.07) is -1.20. The molecule has 0 saturated carbocycles. The molecule has 0 radical (unpaired) electrons. The van der Waals surface area contributed by atoms with Crippen LogP contribution in [0, 0.1) is 5.92 Å². The van der Waals surface area contributed by atoms with E-state index in [0.29, 0.717) is 69.9 Å². The number of hydrogen-bond donors (Lipinski definition) is 19. The number of hydrogen-bond acceptors (Lipinski definition) is 23. The maximum Gasteiger partial charge on any atom is 0.246 e. The zero-order valence-electron chi connectivity index (χ0n) is 76.2. The van der Waals surface area contributed by atoms with E-state index in [2.05, 4.69) is 73.1 Å². The Morgan fingerprint density at radius 1 is 0.534 bits per heavy atom. The van der Waals surface area contributed by atoms with Crippen LogP contribution in [0.15, 0.2) is 97.7 Å². The van der Waals surface area contributed by atoms with Gasteiger partial charge in [-0.25, -0.2) is 4.98 Å². The van der Waals surface area contributed by atoms with Gasteiger partial charge in [0.25, 0.3) is 0 Å². The highest BCUT2D eigenvalue weighted by molar-refractivity contribution is 8.00. The minimum absolute atomic E-state index is 0.00725. The molecule has 6 heterocycles. The number of phenols is 1. The minimum Gasteiger partial charge on any atom is -0.508 e. The second-order valence-electron chi connectivity index (χ2n) is 34.5. The van der Waals surface area contributed by atoms with Gasteiger partial charge in [-0.2, -0.15) is 0 Å². The van der Waals surface area contributed by atoms with Crippen LogP contribution in [-0.2, 0) is 107 Å². The number of phenolic OH excluding ortho intramolecular Hbond substituents is 1. The quantitative estimate of drug-likeness (QED) is 0.0282. The smallest absolute Gasteiger partial charge is 0.246 e. The van der Waals surface area contributed by atoms with Crippen molar-refractivity contribution in [2.75, 3.05) is 65.4 Å². The molecule has 3 aliphatic rings. The van der Waals surface area contributed by atoms with Gasteiger partial charge in [0.2, 0.25) is 100 Å². The van der Waals surface area contributed by atoms with Crippen LogP contribution in [0.3, 0.4) is 0 Å². The van der Waals surface area contributed by atoms with Gasteiger partial charge in [0, 0.05) is 118 Å². The number of carbonyl (C=O) groups excluding carboxylic acids is 17. The molecule has 9 rings (SSSR count). The molecule has 0 unspecified atom stereocenters. The summed E-state index contributed by atoms with van der Waals surface area (Å²) in [5.74, 6) is -16.9. The number of thioether (sulfide) groups is 1. The van der Waals surface area contributed by atoms with Gasteiger partial charge in [-0.1, -0.05) is 102 Å². The van der Waals surface area contributed by atoms with Crippen molar-refractivity contribution in [2.24, 2.45) is 28.9 Å². The average Bonchev–Trinajstić information content (AvgIpc) is 1.73. The van der Waals surface area contributed by atoms with E-state index < -0.39 is 222 Å². The number of H-pyrrole nitrogens is 3. The van der Waals surface area contributed by atoms with E-state index in [1.807, 2.05) is 13.8 Å². The summed E-state index contributed by atoms with van der Waals surface area (Å²) < 4.78 is 0. The number of benzene rings is 3. The van der Waals surface area contributed by atoms with Crippen LogP contribution in [0.4, 0.5) is 0 Å². The van der Waals surface area contributed by atoms with Gasteiger partial charge in [0.1, 0.15) is 90.3 Å². The summed E-state index contributed by atoms with van der Waals surface area (Å²) in [6.45, 7) is 6.82. The summed E-state index contributed by atoms with van der Waals surface area (Å²) in [5.41, 5.74) is 26.7. The normalized spacial score (nSPS) is 25.0. The third-order valence-electron chi connectivity index (χ3n) is 24.1. The molecule has 17 amide bonds. The molecule has 42 nitrogen and oxygen atoms in total. The standard InChI is InChI=1S/C90H127N23O19S/c1-9-11-22-70-83(125)102-62(30-32-92)80(122)108-69(78(120)98-44-75(94)117)46-133-47-76(118)100-66(35-51-25-27-55(114)28-26-51)86(128)109(6)50(5)77(119)105-68(40-74(93)116)88(130)112-33-17-24-71(112)84(126)104-64(38-54-43-95-48-99-54)82(124)106-65(34-49(3)4)89(131)113-45-56(115)39-73(113)85(127)103-63(36-52-41-96-59-20-15-13-18-57(52)59)81(123)101-61(29-31-91)79(121)107-67(37-53-42-97-60-21-16-14-19-58(53)60)87(129)111(8)72(23-12-10-2)90(132)110(70)7/h13-16,18-21,25-28,41-43,48-50,56,61-73,96-97,114-115H,9-12,17,22-24,29-40,44-47,91-92H2,1-8H3,(H2,93,116)(H2,94,117)(H,95,99)(H,98,120)(H,100,118)(H,101,123)(H,102,125)(H,103,127)(H,104,126)(H,105,119)(H,106,124)(H,107,121)(H,108,122)/t50-,56+,61-,62-,63-,64-,65-,66-,67-,68-,69-,70-,71-,72-,73-/m0/s1. The van der Waals surface area contributed by atoms with Crippen molar-refractivity contribution >= 4 is 134 Å². The number of rotatable bonds is 25. The SMILES string of the molecule is CCCC[C@H]1C(=O)N(C)[C@@H](CCCC)C(=O)N[C@@H](CCN)C(=O)N[C@H](C(=O)NCC(N)=O)CSCC(=O)N[C@@H](Cc2ccc(O)cc2)C(=O)N(C)[C@@H](C)C(=O)N[C@@H](CC(N)=O)C(=O)N2CCC[C@H]2C(=O)N[C@@H](Cc2cnc[nH]2)C(=O)N[C@@H](CC(C)C)C(=O)N2C[C@H](O)C[C@H]2C(=O)N[C@@H](Cc2c[nH]c3ccccc23)C(=O)N[C@@H](CCN)C(=O)N[C@@H](Cc2c[nH]c3ccccc23)C(=O)N1C. The molecule has 3 aliphatic heterocycles. The zero-order chi connectivity index (χ0) is 97.0. The van der Waals surface area contributed by atoms with E-state index in [1.54, 1.807) is 74.8 Å².